The molecule has 0 spiro atoms. The van der Waals surface area contributed by atoms with Crippen LogP contribution in [0.25, 0.3) is 0 Å². The molecule has 1 unspecified atom stereocenters. The zero-order valence-electron chi connectivity index (χ0n) is 5.83. The fourth-order valence-corrected chi connectivity index (χ4v) is 0.329. The number of rotatable bonds is 3. The number of nitrogens with zero attached hydrogens (tertiary/aromatic N) is 1. The normalized spacial score (nSPS) is 11.7. The van der Waals surface area contributed by atoms with Gasteiger partial charge >= 0.3 is 5.97 Å². The highest BCUT2D eigenvalue weighted by molar-refractivity contribution is 5.74. The average Bonchev–Trinajstić information content (AvgIpc) is 1.88. The molecule has 0 aromatic carbocycles. The Balaban J connectivity index is 3.33. The van der Waals surface area contributed by atoms with Crippen molar-refractivity contribution in [1.82, 2.24) is 0 Å². The molecular weight excluding hydrogens is 132 g/mol. The van der Waals surface area contributed by atoms with E-state index in [0.717, 1.165) is 0 Å². The molecule has 10 heavy (non-hydrogen) atoms. The highest BCUT2D eigenvalue weighted by Crippen LogP contribution is 1.85. The SMILES string of the molecule is CC(N)C(=O)OCCC#N. The molecule has 56 valence electrons. The van der Waals surface area contributed by atoms with E-state index in [1.807, 2.05) is 6.07 Å². The number of nitrogens with two attached hydrogens (primary N) is 1. The molecule has 2 N–H and O–H groups in total. The molecule has 0 aromatic rings. The molecule has 0 aliphatic rings. The molecule has 0 aromatic heterocycles. The molecule has 0 bridgehead atoms. The quantitative estimate of drug-likeness (QED) is 0.437. The summed E-state index contributed by atoms with van der Waals surface area (Å²) in [6.07, 6.45) is 0.221. The standard InChI is InChI=1S/C6H10N2O2/c1-5(8)6(9)10-4-2-3-7/h5H,2,4,8H2,1H3. The van der Waals surface area contributed by atoms with Crippen LogP contribution in [0.5, 0.6) is 0 Å². The lowest BCUT2D eigenvalue weighted by molar-refractivity contribution is -0.144. The van der Waals surface area contributed by atoms with Crippen molar-refractivity contribution in [2.75, 3.05) is 6.61 Å². The summed E-state index contributed by atoms with van der Waals surface area (Å²) in [5.74, 6) is -0.463. The van der Waals surface area contributed by atoms with Crippen molar-refractivity contribution in [3.63, 3.8) is 0 Å². The lowest BCUT2D eigenvalue weighted by atomic mass is 10.4. The second kappa shape index (κ2) is 4.77. The van der Waals surface area contributed by atoms with Crippen LogP contribution >= 0.6 is 0 Å². The predicted octanol–water partition coefficient (Wildman–Crippen LogP) is -0.210. The van der Waals surface area contributed by atoms with E-state index in [9.17, 15) is 4.79 Å². The predicted molar refractivity (Wildman–Crippen MR) is 34.8 cm³/mol. The van der Waals surface area contributed by atoms with Crippen molar-refractivity contribution in [2.24, 2.45) is 5.73 Å². The summed E-state index contributed by atoms with van der Waals surface area (Å²) >= 11 is 0. The van der Waals surface area contributed by atoms with Crippen molar-refractivity contribution in [1.29, 1.82) is 5.26 Å². The third-order valence-electron chi connectivity index (χ3n) is 0.830. The van der Waals surface area contributed by atoms with Gasteiger partial charge in [-0.05, 0) is 6.92 Å². The summed E-state index contributed by atoms with van der Waals surface area (Å²) in [4.78, 5) is 10.6. The molecule has 0 fully saturated rings. The van der Waals surface area contributed by atoms with E-state index in [2.05, 4.69) is 4.74 Å². The van der Waals surface area contributed by atoms with E-state index >= 15 is 0 Å². The summed E-state index contributed by atoms with van der Waals surface area (Å²) in [7, 11) is 0. The van der Waals surface area contributed by atoms with Crippen LogP contribution in [0.1, 0.15) is 13.3 Å². The van der Waals surface area contributed by atoms with Crippen molar-refractivity contribution >= 4 is 5.97 Å². The lowest BCUT2D eigenvalue weighted by Gasteiger charge is -2.03. The van der Waals surface area contributed by atoms with Crippen molar-refractivity contribution < 1.29 is 9.53 Å². The Labute approximate surface area is 59.6 Å². The van der Waals surface area contributed by atoms with Crippen LogP contribution in [-0.4, -0.2) is 18.6 Å². The van der Waals surface area contributed by atoms with Crippen LogP contribution in [0.4, 0.5) is 0 Å². The van der Waals surface area contributed by atoms with E-state index in [0.29, 0.717) is 0 Å². The molecule has 0 aliphatic heterocycles. The van der Waals surface area contributed by atoms with E-state index in [4.69, 9.17) is 11.0 Å². The number of nitriles is 1. The van der Waals surface area contributed by atoms with Crippen LogP contribution in [0, 0.1) is 11.3 Å². The number of hydrogen-bond donors (Lipinski definition) is 1. The molecule has 0 heterocycles. The minimum Gasteiger partial charge on any atom is -0.463 e. The Kier molecular flexibility index (Phi) is 4.25. The second-order valence-corrected chi connectivity index (χ2v) is 1.86. The maximum atomic E-state index is 10.6. The van der Waals surface area contributed by atoms with Crippen molar-refractivity contribution in [3.8, 4) is 6.07 Å². The molecule has 4 heteroatoms. The minimum absolute atomic E-state index is 0.136. The van der Waals surface area contributed by atoms with Gasteiger partial charge in [0.15, 0.2) is 0 Å². The van der Waals surface area contributed by atoms with Crippen LogP contribution in [0.3, 0.4) is 0 Å². The van der Waals surface area contributed by atoms with E-state index in [-0.39, 0.29) is 13.0 Å². The number of hydrogen-bond acceptors (Lipinski definition) is 4. The molecule has 0 saturated carbocycles. The van der Waals surface area contributed by atoms with Gasteiger partial charge in [-0.15, -0.1) is 0 Å². The highest BCUT2D eigenvalue weighted by atomic mass is 16.5. The van der Waals surface area contributed by atoms with Gasteiger partial charge in [-0.2, -0.15) is 5.26 Å². The summed E-state index contributed by atoms with van der Waals surface area (Å²) < 4.78 is 4.56. The first kappa shape index (κ1) is 8.92. The van der Waals surface area contributed by atoms with Crippen molar-refractivity contribution in [3.05, 3.63) is 0 Å². The smallest absolute Gasteiger partial charge is 0.322 e. The largest absolute Gasteiger partial charge is 0.463 e. The van der Waals surface area contributed by atoms with E-state index in [1.54, 1.807) is 0 Å². The molecule has 0 saturated heterocycles. The van der Waals surface area contributed by atoms with Crippen molar-refractivity contribution in [2.45, 2.75) is 19.4 Å². The summed E-state index contributed by atoms with van der Waals surface area (Å²) in [6.45, 7) is 1.67. The molecule has 1 atom stereocenters. The summed E-state index contributed by atoms with van der Waals surface area (Å²) in [5.41, 5.74) is 5.16. The van der Waals surface area contributed by atoms with Crippen LogP contribution in [0.2, 0.25) is 0 Å². The first-order valence-electron chi connectivity index (χ1n) is 2.97. The maximum Gasteiger partial charge on any atom is 0.322 e. The average molecular weight is 142 g/mol. The van der Waals surface area contributed by atoms with Gasteiger partial charge in [0.25, 0.3) is 0 Å². The molecule has 0 amide bonds. The fraction of sp³-hybridized carbons (Fsp3) is 0.667. The van der Waals surface area contributed by atoms with E-state index < -0.39 is 12.0 Å². The number of esters is 1. The van der Waals surface area contributed by atoms with Crippen LogP contribution in [0.15, 0.2) is 0 Å². The monoisotopic (exact) mass is 142 g/mol. The van der Waals surface area contributed by atoms with Crippen LogP contribution < -0.4 is 5.73 Å². The molecule has 0 radical (unpaired) electrons. The Morgan fingerprint density at radius 2 is 2.50 bits per heavy atom. The fourth-order valence-electron chi connectivity index (χ4n) is 0.329. The molecule has 0 aliphatic carbocycles. The topological polar surface area (TPSA) is 76.1 Å². The maximum absolute atomic E-state index is 10.6. The Morgan fingerprint density at radius 3 is 2.90 bits per heavy atom. The highest BCUT2D eigenvalue weighted by Gasteiger charge is 2.06. The van der Waals surface area contributed by atoms with Gasteiger partial charge in [0.2, 0.25) is 0 Å². The Morgan fingerprint density at radius 1 is 1.90 bits per heavy atom. The Bertz CT molecular complexity index is 148. The third kappa shape index (κ3) is 3.87. The third-order valence-corrected chi connectivity index (χ3v) is 0.830. The Hall–Kier alpha value is -1.08. The number of carbonyl (C=O) groups excluding carboxylic acids is 1. The lowest BCUT2D eigenvalue weighted by Crippen LogP contribution is -2.28. The van der Waals surface area contributed by atoms with Crippen LogP contribution in [-0.2, 0) is 9.53 Å². The first-order valence-corrected chi connectivity index (χ1v) is 2.97. The zero-order valence-corrected chi connectivity index (χ0v) is 5.83. The van der Waals surface area contributed by atoms with E-state index in [1.165, 1.54) is 6.92 Å². The van der Waals surface area contributed by atoms with Gasteiger partial charge < -0.3 is 10.5 Å². The van der Waals surface area contributed by atoms with Gasteiger partial charge in [0.05, 0.1) is 12.5 Å². The summed E-state index contributed by atoms with van der Waals surface area (Å²) in [6, 6.07) is 1.25. The minimum atomic E-state index is -0.598. The second-order valence-electron chi connectivity index (χ2n) is 1.86. The molecule has 0 rings (SSSR count). The molecule has 4 nitrogen and oxygen atoms in total. The van der Waals surface area contributed by atoms with Gasteiger partial charge in [0.1, 0.15) is 12.6 Å². The number of ether oxygens (including phenoxy) is 1. The zero-order chi connectivity index (χ0) is 7.98. The first-order chi connectivity index (χ1) is 4.68. The van der Waals surface area contributed by atoms with Gasteiger partial charge in [-0.3, -0.25) is 4.79 Å². The van der Waals surface area contributed by atoms with Gasteiger partial charge in [0, 0.05) is 0 Å². The molecular formula is C6H10N2O2. The van der Waals surface area contributed by atoms with Gasteiger partial charge in [-0.1, -0.05) is 0 Å². The number of carbonyl (C=O) groups is 1. The van der Waals surface area contributed by atoms with Gasteiger partial charge in [-0.25, -0.2) is 0 Å². The summed E-state index contributed by atoms with van der Waals surface area (Å²) in [5, 5.41) is 8.05.